The Hall–Kier alpha value is -1.62. The fraction of sp³-hybridized carbons (Fsp3) is 0.385. The molecule has 6 heteroatoms. The number of amides is 1. The van der Waals surface area contributed by atoms with Gasteiger partial charge in [-0.1, -0.05) is 11.6 Å². The van der Waals surface area contributed by atoms with Crippen LogP contribution in [0.1, 0.15) is 23.7 Å². The Balaban J connectivity index is 2.23. The Morgan fingerprint density at radius 2 is 2.16 bits per heavy atom. The zero-order chi connectivity index (χ0) is 14.2. The maximum atomic E-state index is 12.9. The number of rotatable bonds is 2. The van der Waals surface area contributed by atoms with Crippen molar-refractivity contribution in [2.75, 3.05) is 6.54 Å². The minimum absolute atomic E-state index is 0.0379. The molecule has 1 heterocycles. The van der Waals surface area contributed by atoms with Gasteiger partial charge in [-0.25, -0.2) is 4.39 Å². The summed E-state index contributed by atoms with van der Waals surface area (Å²) in [6.45, 7) is 2.06. The first-order valence-corrected chi connectivity index (χ1v) is 6.28. The van der Waals surface area contributed by atoms with Crippen LogP contribution in [0.5, 0.6) is 0 Å². The number of likely N-dealkylation sites (tertiary alicyclic amines) is 1. The number of carboxylic acid groups (broad SMARTS) is 1. The van der Waals surface area contributed by atoms with Gasteiger partial charge in [0.25, 0.3) is 5.91 Å². The molecule has 0 spiro atoms. The summed E-state index contributed by atoms with van der Waals surface area (Å²) in [5.41, 5.74) is 0.195. The van der Waals surface area contributed by atoms with Gasteiger partial charge >= 0.3 is 5.97 Å². The van der Waals surface area contributed by atoms with E-state index in [0.717, 1.165) is 12.1 Å². The third-order valence-electron chi connectivity index (χ3n) is 3.49. The van der Waals surface area contributed by atoms with Crippen LogP contribution < -0.4 is 0 Å². The van der Waals surface area contributed by atoms with Crippen LogP contribution in [0.15, 0.2) is 18.2 Å². The summed E-state index contributed by atoms with van der Waals surface area (Å²) in [5, 5.41) is 9.07. The Labute approximate surface area is 114 Å². The highest BCUT2D eigenvalue weighted by atomic mass is 35.5. The fourth-order valence-electron chi connectivity index (χ4n) is 2.37. The molecule has 4 nitrogen and oxygen atoms in total. The molecule has 0 saturated carbocycles. The summed E-state index contributed by atoms with van der Waals surface area (Å²) in [5.74, 6) is -2.35. The first-order valence-electron chi connectivity index (χ1n) is 5.90. The largest absolute Gasteiger partial charge is 0.481 e. The summed E-state index contributed by atoms with van der Waals surface area (Å²) in [6.07, 6.45) is 0.418. The van der Waals surface area contributed by atoms with Crippen LogP contribution in [-0.4, -0.2) is 34.5 Å². The van der Waals surface area contributed by atoms with Crippen molar-refractivity contribution in [2.24, 2.45) is 5.92 Å². The average Bonchev–Trinajstić information content (AvgIpc) is 2.70. The van der Waals surface area contributed by atoms with Crippen molar-refractivity contribution in [1.29, 1.82) is 0 Å². The summed E-state index contributed by atoms with van der Waals surface area (Å²) < 4.78 is 12.9. The number of benzene rings is 1. The van der Waals surface area contributed by atoms with Gasteiger partial charge in [0.05, 0.1) is 16.5 Å². The summed E-state index contributed by atoms with van der Waals surface area (Å²) in [7, 11) is 0. The Morgan fingerprint density at radius 1 is 1.47 bits per heavy atom. The summed E-state index contributed by atoms with van der Waals surface area (Å²) in [4.78, 5) is 24.8. The molecule has 19 heavy (non-hydrogen) atoms. The number of nitrogens with zero attached hydrogens (tertiary/aromatic N) is 1. The van der Waals surface area contributed by atoms with Crippen LogP contribution in [0.3, 0.4) is 0 Å². The minimum Gasteiger partial charge on any atom is -0.481 e. The van der Waals surface area contributed by atoms with Gasteiger partial charge in [-0.15, -0.1) is 0 Å². The monoisotopic (exact) mass is 285 g/mol. The highest BCUT2D eigenvalue weighted by Crippen LogP contribution is 2.28. The van der Waals surface area contributed by atoms with E-state index in [1.54, 1.807) is 6.92 Å². The molecular formula is C13H13ClFNO3. The molecule has 102 valence electrons. The molecule has 1 aliphatic rings. The van der Waals surface area contributed by atoms with Gasteiger partial charge in [-0.3, -0.25) is 9.59 Å². The molecule has 1 saturated heterocycles. The highest BCUT2D eigenvalue weighted by Gasteiger charge is 2.38. The van der Waals surface area contributed by atoms with Gasteiger partial charge in [-0.05, 0) is 31.5 Å². The predicted molar refractivity (Wildman–Crippen MR) is 67.7 cm³/mol. The maximum Gasteiger partial charge on any atom is 0.308 e. The smallest absolute Gasteiger partial charge is 0.308 e. The molecule has 1 amide bonds. The number of halogens is 2. The first kappa shape index (κ1) is 13.8. The van der Waals surface area contributed by atoms with Gasteiger partial charge in [0.15, 0.2) is 0 Å². The lowest BCUT2D eigenvalue weighted by Crippen LogP contribution is -2.37. The third-order valence-corrected chi connectivity index (χ3v) is 3.81. The van der Waals surface area contributed by atoms with Crippen molar-refractivity contribution in [3.8, 4) is 0 Å². The Bertz CT molecular complexity index is 535. The second-order valence-corrected chi connectivity index (χ2v) is 5.00. The first-order chi connectivity index (χ1) is 8.91. The van der Waals surface area contributed by atoms with Gasteiger partial charge in [0.1, 0.15) is 5.82 Å². The number of carboxylic acids is 1. The topological polar surface area (TPSA) is 57.6 Å². The van der Waals surface area contributed by atoms with Crippen molar-refractivity contribution in [3.05, 3.63) is 34.6 Å². The predicted octanol–water partition coefficient (Wildman–Crippen LogP) is 2.41. The van der Waals surface area contributed by atoms with E-state index in [1.807, 2.05) is 0 Å². The quantitative estimate of drug-likeness (QED) is 0.908. The van der Waals surface area contributed by atoms with Crippen LogP contribution in [0.25, 0.3) is 0 Å². The van der Waals surface area contributed by atoms with Crippen molar-refractivity contribution < 1.29 is 19.1 Å². The van der Waals surface area contributed by atoms with E-state index >= 15 is 0 Å². The van der Waals surface area contributed by atoms with E-state index < -0.39 is 23.7 Å². The number of aliphatic carboxylic acids is 1. The molecule has 1 fully saturated rings. The van der Waals surface area contributed by atoms with Crippen molar-refractivity contribution >= 4 is 23.5 Å². The number of hydrogen-bond acceptors (Lipinski definition) is 2. The van der Waals surface area contributed by atoms with E-state index in [4.69, 9.17) is 16.7 Å². The fourth-order valence-corrected chi connectivity index (χ4v) is 2.62. The minimum atomic E-state index is -0.909. The van der Waals surface area contributed by atoms with Crippen LogP contribution in [0.2, 0.25) is 5.02 Å². The van der Waals surface area contributed by atoms with Crippen LogP contribution in [0, 0.1) is 11.7 Å². The number of carbonyl (C=O) groups is 2. The van der Waals surface area contributed by atoms with E-state index in [2.05, 4.69) is 0 Å². The van der Waals surface area contributed by atoms with Crippen LogP contribution in [0.4, 0.5) is 4.39 Å². The lowest BCUT2D eigenvalue weighted by Gasteiger charge is -2.23. The van der Waals surface area contributed by atoms with E-state index in [0.29, 0.717) is 13.0 Å². The van der Waals surface area contributed by atoms with E-state index in [9.17, 15) is 14.0 Å². The molecule has 2 atom stereocenters. The zero-order valence-corrected chi connectivity index (χ0v) is 11.0. The summed E-state index contributed by atoms with van der Waals surface area (Å²) in [6, 6.07) is 3.16. The van der Waals surface area contributed by atoms with Gasteiger partial charge in [-0.2, -0.15) is 0 Å². The molecule has 1 aromatic carbocycles. The molecular weight excluding hydrogens is 273 g/mol. The lowest BCUT2D eigenvalue weighted by atomic mass is 10.0. The molecule has 0 radical (unpaired) electrons. The molecule has 1 aliphatic heterocycles. The SMILES string of the molecule is CC1C(C(=O)O)CCN1C(=O)c1ccc(F)cc1Cl. The van der Waals surface area contributed by atoms with Gasteiger partial charge in [0, 0.05) is 12.6 Å². The van der Waals surface area contributed by atoms with Crippen LogP contribution in [-0.2, 0) is 4.79 Å². The molecule has 0 aromatic heterocycles. The van der Waals surface area contributed by atoms with Crippen molar-refractivity contribution in [1.82, 2.24) is 4.90 Å². The van der Waals surface area contributed by atoms with Gasteiger partial charge in [0.2, 0.25) is 0 Å². The molecule has 1 N–H and O–H groups in total. The average molecular weight is 286 g/mol. The molecule has 2 rings (SSSR count). The molecule has 1 aromatic rings. The standard InChI is InChI=1S/C13H13ClFNO3/c1-7-9(13(18)19)4-5-16(7)12(17)10-3-2-8(15)6-11(10)14/h2-3,6-7,9H,4-5H2,1H3,(H,18,19). The van der Waals surface area contributed by atoms with Crippen molar-refractivity contribution in [2.45, 2.75) is 19.4 Å². The second kappa shape index (κ2) is 5.17. The van der Waals surface area contributed by atoms with Crippen LogP contribution >= 0.6 is 11.6 Å². The van der Waals surface area contributed by atoms with E-state index in [-0.39, 0.29) is 16.5 Å². The molecule has 2 unspecified atom stereocenters. The number of carbonyl (C=O) groups excluding carboxylic acids is 1. The second-order valence-electron chi connectivity index (χ2n) is 4.60. The third kappa shape index (κ3) is 2.56. The molecule has 0 bridgehead atoms. The molecule has 0 aliphatic carbocycles. The zero-order valence-electron chi connectivity index (χ0n) is 10.3. The maximum absolute atomic E-state index is 12.9. The van der Waals surface area contributed by atoms with E-state index in [1.165, 1.54) is 11.0 Å². The normalized spacial score (nSPS) is 22.6. The van der Waals surface area contributed by atoms with Gasteiger partial charge < -0.3 is 10.0 Å². The summed E-state index contributed by atoms with van der Waals surface area (Å²) >= 11 is 5.85. The highest BCUT2D eigenvalue weighted by molar-refractivity contribution is 6.33. The Kier molecular flexibility index (Phi) is 3.75. The van der Waals surface area contributed by atoms with Crippen molar-refractivity contribution in [3.63, 3.8) is 0 Å². The Morgan fingerprint density at radius 3 is 2.68 bits per heavy atom. The number of hydrogen-bond donors (Lipinski definition) is 1. The lowest BCUT2D eigenvalue weighted by molar-refractivity contribution is -0.142.